The van der Waals surface area contributed by atoms with Gasteiger partial charge in [0.2, 0.25) is 0 Å². The molecule has 0 aromatic heterocycles. The second-order valence-electron chi connectivity index (χ2n) is 11.0. The van der Waals surface area contributed by atoms with Crippen LogP contribution in [0.25, 0.3) is 0 Å². The molecule has 2 aliphatic carbocycles. The van der Waals surface area contributed by atoms with E-state index in [0.29, 0.717) is 31.7 Å². The fourth-order valence-corrected chi connectivity index (χ4v) is 6.86. The normalized spacial score (nSPS) is 39.1. The number of fused-ring (bicyclic) bond motifs is 2. The van der Waals surface area contributed by atoms with Gasteiger partial charge in [-0.25, -0.2) is 0 Å². The number of hydrogen-bond donors (Lipinski definition) is 2. The third-order valence-corrected chi connectivity index (χ3v) is 9.19. The Morgan fingerprint density at radius 2 is 1.91 bits per heavy atom. The van der Waals surface area contributed by atoms with Crippen molar-refractivity contribution in [3.8, 4) is 0 Å². The van der Waals surface area contributed by atoms with Gasteiger partial charge in [-0.3, -0.25) is 4.79 Å². The van der Waals surface area contributed by atoms with Gasteiger partial charge in [-0.05, 0) is 37.2 Å². The molecule has 6 atom stereocenters. The standard InChI is InChI=1S/C27H37NO4/c1-18-7-6-10-20-15-22-23(24(29)26(18,20)2)21(25(30)32-22)17-28-13-11-27(31,12-14-28)16-19-8-4-3-5-9-19/h3-5,8-10,18,21-24,29,31H,6-7,11-17H2,1-2H3/t18-,21-,22+,23+,24+,26+/m0/s1. The van der Waals surface area contributed by atoms with Crippen molar-refractivity contribution in [3.63, 3.8) is 0 Å². The highest BCUT2D eigenvalue weighted by atomic mass is 16.6. The molecule has 0 spiro atoms. The lowest BCUT2D eigenvalue weighted by Gasteiger charge is -2.52. The number of benzene rings is 1. The second kappa shape index (κ2) is 8.27. The number of hydrogen-bond acceptors (Lipinski definition) is 5. The van der Waals surface area contributed by atoms with Crippen LogP contribution in [0.2, 0.25) is 0 Å². The maximum atomic E-state index is 12.9. The van der Waals surface area contributed by atoms with E-state index >= 15 is 0 Å². The molecule has 4 aliphatic rings. The average molecular weight is 440 g/mol. The zero-order chi connectivity index (χ0) is 22.5. The highest BCUT2D eigenvalue weighted by molar-refractivity contribution is 5.76. The van der Waals surface area contributed by atoms with E-state index in [2.05, 4.69) is 37.0 Å². The molecule has 2 N–H and O–H groups in total. The first-order valence-corrected chi connectivity index (χ1v) is 12.4. The van der Waals surface area contributed by atoms with E-state index in [-0.39, 0.29) is 29.3 Å². The van der Waals surface area contributed by atoms with Gasteiger partial charge in [-0.2, -0.15) is 0 Å². The number of carbonyl (C=O) groups is 1. The first kappa shape index (κ1) is 22.1. The predicted octanol–water partition coefficient (Wildman–Crippen LogP) is 3.34. The Labute approximate surface area is 191 Å². The molecular weight excluding hydrogens is 402 g/mol. The van der Waals surface area contributed by atoms with Gasteiger partial charge in [0.25, 0.3) is 0 Å². The summed E-state index contributed by atoms with van der Waals surface area (Å²) in [5.74, 6) is -0.185. The lowest BCUT2D eigenvalue weighted by molar-refractivity contribution is -0.145. The molecule has 32 heavy (non-hydrogen) atoms. The van der Waals surface area contributed by atoms with E-state index < -0.39 is 11.7 Å². The molecule has 3 fully saturated rings. The zero-order valence-corrected chi connectivity index (χ0v) is 19.4. The van der Waals surface area contributed by atoms with E-state index in [1.165, 1.54) is 5.57 Å². The molecule has 2 aliphatic heterocycles. The largest absolute Gasteiger partial charge is 0.461 e. The molecule has 1 aromatic rings. The van der Waals surface area contributed by atoms with Gasteiger partial charge in [-0.15, -0.1) is 0 Å². The van der Waals surface area contributed by atoms with Gasteiger partial charge in [0, 0.05) is 43.8 Å². The Hall–Kier alpha value is -1.69. The van der Waals surface area contributed by atoms with E-state index in [9.17, 15) is 15.0 Å². The van der Waals surface area contributed by atoms with Gasteiger partial charge in [0.1, 0.15) is 6.10 Å². The minimum absolute atomic E-state index is 0.143. The van der Waals surface area contributed by atoms with E-state index in [1.807, 2.05) is 18.2 Å². The van der Waals surface area contributed by atoms with Crippen LogP contribution in [0.3, 0.4) is 0 Å². The van der Waals surface area contributed by atoms with E-state index in [4.69, 9.17) is 4.74 Å². The lowest BCUT2D eigenvalue weighted by atomic mass is 9.55. The second-order valence-corrected chi connectivity index (χ2v) is 11.0. The number of likely N-dealkylation sites (tertiary alicyclic amines) is 1. The van der Waals surface area contributed by atoms with Gasteiger partial charge in [0.05, 0.1) is 17.6 Å². The summed E-state index contributed by atoms with van der Waals surface area (Å²) in [6.07, 6.45) is 6.48. The van der Waals surface area contributed by atoms with Crippen LogP contribution in [0.4, 0.5) is 0 Å². The molecule has 0 amide bonds. The summed E-state index contributed by atoms with van der Waals surface area (Å²) < 4.78 is 5.82. The first-order chi connectivity index (χ1) is 15.3. The van der Waals surface area contributed by atoms with Crippen molar-refractivity contribution in [1.82, 2.24) is 4.90 Å². The molecule has 5 nitrogen and oxygen atoms in total. The highest BCUT2D eigenvalue weighted by Gasteiger charge is 2.59. The minimum Gasteiger partial charge on any atom is -0.461 e. The van der Waals surface area contributed by atoms with Crippen LogP contribution in [-0.2, 0) is 16.0 Å². The molecule has 2 heterocycles. The van der Waals surface area contributed by atoms with Gasteiger partial charge >= 0.3 is 5.97 Å². The topological polar surface area (TPSA) is 70.0 Å². The monoisotopic (exact) mass is 439 g/mol. The van der Waals surface area contributed by atoms with Crippen molar-refractivity contribution in [2.75, 3.05) is 19.6 Å². The number of allylic oxidation sites excluding steroid dienone is 1. The number of nitrogens with zero attached hydrogens (tertiary/aromatic N) is 1. The Bertz CT molecular complexity index is 875. The smallest absolute Gasteiger partial charge is 0.311 e. The third-order valence-electron chi connectivity index (χ3n) is 9.19. The van der Waals surface area contributed by atoms with Crippen LogP contribution in [0.15, 0.2) is 42.0 Å². The van der Waals surface area contributed by atoms with Gasteiger partial charge in [-0.1, -0.05) is 55.8 Å². The lowest BCUT2D eigenvalue weighted by Crippen LogP contribution is -2.55. The van der Waals surface area contributed by atoms with Gasteiger partial charge in [0.15, 0.2) is 0 Å². The maximum Gasteiger partial charge on any atom is 0.311 e. The van der Waals surface area contributed by atoms with Gasteiger partial charge < -0.3 is 19.8 Å². The van der Waals surface area contributed by atoms with Crippen molar-refractivity contribution >= 4 is 5.97 Å². The van der Waals surface area contributed by atoms with E-state index in [1.54, 1.807) is 0 Å². The van der Waals surface area contributed by atoms with Crippen LogP contribution in [-0.4, -0.2) is 58.5 Å². The third kappa shape index (κ3) is 3.72. The van der Waals surface area contributed by atoms with Crippen molar-refractivity contribution in [2.45, 2.75) is 70.2 Å². The molecule has 1 saturated carbocycles. The predicted molar refractivity (Wildman–Crippen MR) is 123 cm³/mol. The van der Waals surface area contributed by atoms with Crippen LogP contribution >= 0.6 is 0 Å². The number of piperidine rings is 1. The van der Waals surface area contributed by atoms with Crippen LogP contribution in [0.1, 0.15) is 51.5 Å². The number of aliphatic hydroxyl groups is 2. The summed E-state index contributed by atoms with van der Waals surface area (Å²) in [7, 11) is 0. The fourth-order valence-electron chi connectivity index (χ4n) is 6.86. The fraction of sp³-hybridized carbons (Fsp3) is 0.667. The molecule has 5 rings (SSSR count). The molecule has 1 aromatic carbocycles. The van der Waals surface area contributed by atoms with Crippen molar-refractivity contribution < 1.29 is 19.7 Å². The molecule has 0 bridgehead atoms. The minimum atomic E-state index is -0.689. The Morgan fingerprint density at radius 1 is 1.19 bits per heavy atom. The summed E-state index contributed by atoms with van der Waals surface area (Å²) >= 11 is 0. The van der Waals surface area contributed by atoms with Crippen LogP contribution < -0.4 is 0 Å². The number of rotatable bonds is 4. The molecule has 0 unspecified atom stereocenters. The zero-order valence-electron chi connectivity index (χ0n) is 19.4. The molecule has 0 radical (unpaired) electrons. The first-order valence-electron chi connectivity index (χ1n) is 12.4. The number of aliphatic hydroxyl groups excluding tert-OH is 1. The quantitative estimate of drug-likeness (QED) is 0.556. The summed E-state index contributed by atoms with van der Waals surface area (Å²) in [6, 6.07) is 10.2. The number of esters is 1. The molecular formula is C27H37NO4. The summed E-state index contributed by atoms with van der Waals surface area (Å²) in [5.41, 5.74) is 1.49. The Balaban J connectivity index is 1.26. The molecule has 174 valence electrons. The van der Waals surface area contributed by atoms with Crippen molar-refractivity contribution in [2.24, 2.45) is 23.2 Å². The number of carbonyl (C=O) groups excluding carboxylic acids is 1. The SMILES string of the molecule is C[C@H]1CCC=C2C[C@H]3OC(=O)[C@@H](CN4CCC(O)(Cc5ccccc5)CC4)[C@H]3[C@@H](O)[C@@]21C. The summed E-state index contributed by atoms with van der Waals surface area (Å²) in [4.78, 5) is 15.2. The Kier molecular flexibility index (Phi) is 5.71. The molecule has 5 heteroatoms. The maximum absolute atomic E-state index is 12.9. The average Bonchev–Trinajstić information content (AvgIpc) is 3.08. The molecule has 2 saturated heterocycles. The van der Waals surface area contributed by atoms with Crippen LogP contribution in [0.5, 0.6) is 0 Å². The van der Waals surface area contributed by atoms with Crippen molar-refractivity contribution in [1.29, 1.82) is 0 Å². The Morgan fingerprint density at radius 3 is 2.62 bits per heavy atom. The van der Waals surface area contributed by atoms with Crippen LogP contribution in [0, 0.1) is 23.2 Å². The van der Waals surface area contributed by atoms with E-state index in [0.717, 1.165) is 37.9 Å². The summed E-state index contributed by atoms with van der Waals surface area (Å²) in [6.45, 7) is 6.57. The van der Waals surface area contributed by atoms with Crippen molar-refractivity contribution in [3.05, 3.63) is 47.5 Å². The summed E-state index contributed by atoms with van der Waals surface area (Å²) in [5, 5.41) is 22.7. The number of ether oxygens (including phenoxy) is 1. The highest BCUT2D eigenvalue weighted by Crippen LogP contribution is 2.56.